The van der Waals surface area contributed by atoms with Crippen molar-refractivity contribution in [3.05, 3.63) is 0 Å². The quantitative estimate of drug-likeness (QED) is 0.615. The smallest absolute Gasteiger partial charge is 0.334 e. The van der Waals surface area contributed by atoms with E-state index in [4.69, 9.17) is 8.85 Å². The van der Waals surface area contributed by atoms with Gasteiger partial charge in [0.05, 0.1) is 0 Å². The fourth-order valence-electron chi connectivity index (χ4n) is 1.19. The zero-order valence-corrected chi connectivity index (χ0v) is 9.52. The molecule has 0 spiro atoms. The van der Waals surface area contributed by atoms with Gasteiger partial charge in [-0.3, -0.25) is 0 Å². The molecule has 0 aliphatic rings. The van der Waals surface area contributed by atoms with Gasteiger partial charge >= 0.3 is 8.56 Å². The molecule has 0 amide bonds. The molecule has 3 heteroatoms. The molecule has 2 nitrogen and oxygen atoms in total. The molecule has 0 heterocycles. The minimum Gasteiger partial charge on any atom is -0.398 e. The lowest BCUT2D eigenvalue weighted by atomic mass is 10.0. The van der Waals surface area contributed by atoms with Gasteiger partial charge in [-0.15, -0.1) is 0 Å². The van der Waals surface area contributed by atoms with E-state index < -0.39 is 8.56 Å². The Morgan fingerprint density at radius 3 is 1.55 bits per heavy atom. The Labute approximate surface area is 71.1 Å². The Balaban J connectivity index is 4.08. The van der Waals surface area contributed by atoms with Gasteiger partial charge in [-0.25, -0.2) is 0 Å². The van der Waals surface area contributed by atoms with Crippen LogP contribution in [0.15, 0.2) is 0 Å². The fraction of sp³-hybridized carbons (Fsp3) is 1.00. The van der Waals surface area contributed by atoms with Crippen LogP contribution in [0.4, 0.5) is 0 Å². The van der Waals surface area contributed by atoms with E-state index in [1.165, 1.54) is 0 Å². The highest BCUT2D eigenvalue weighted by molar-refractivity contribution is 6.66. The molecule has 0 saturated carbocycles. The predicted octanol–water partition coefficient (Wildman–Crippen LogP) is 2.40. The van der Waals surface area contributed by atoms with Gasteiger partial charge in [0.2, 0.25) is 0 Å². The normalized spacial score (nSPS) is 13.6. The van der Waals surface area contributed by atoms with Crippen molar-refractivity contribution in [1.82, 2.24) is 0 Å². The zero-order chi connectivity index (χ0) is 9.12. The lowest BCUT2D eigenvalue weighted by molar-refractivity contribution is 0.232. The van der Waals surface area contributed by atoms with Gasteiger partial charge < -0.3 is 8.85 Å². The molecular formula is C8H20O2Si. The summed E-state index contributed by atoms with van der Waals surface area (Å²) in [6, 6.07) is 1.03. The van der Waals surface area contributed by atoms with Crippen LogP contribution in [0.3, 0.4) is 0 Å². The van der Waals surface area contributed by atoms with Crippen molar-refractivity contribution in [2.24, 2.45) is 5.41 Å². The number of hydrogen-bond acceptors (Lipinski definition) is 2. The van der Waals surface area contributed by atoms with Crippen LogP contribution in [0.2, 0.25) is 12.6 Å². The Kier molecular flexibility index (Phi) is 3.74. The van der Waals surface area contributed by atoms with Crippen LogP contribution in [0.25, 0.3) is 0 Å². The van der Waals surface area contributed by atoms with E-state index in [0.29, 0.717) is 5.41 Å². The highest BCUT2D eigenvalue weighted by Gasteiger charge is 2.33. The predicted molar refractivity (Wildman–Crippen MR) is 49.9 cm³/mol. The van der Waals surface area contributed by atoms with E-state index in [1.54, 1.807) is 14.2 Å². The summed E-state index contributed by atoms with van der Waals surface area (Å²) in [5.41, 5.74) is 0.299. The van der Waals surface area contributed by atoms with E-state index >= 15 is 0 Å². The van der Waals surface area contributed by atoms with Gasteiger partial charge in [-0.2, -0.15) is 0 Å². The summed E-state index contributed by atoms with van der Waals surface area (Å²) >= 11 is 0. The lowest BCUT2D eigenvalue weighted by Gasteiger charge is -2.30. The largest absolute Gasteiger partial charge is 0.398 e. The summed E-state index contributed by atoms with van der Waals surface area (Å²) in [5, 5.41) is 0. The Morgan fingerprint density at radius 1 is 1.09 bits per heavy atom. The molecule has 68 valence electrons. The van der Waals surface area contributed by atoms with Crippen LogP contribution in [0.1, 0.15) is 20.8 Å². The van der Waals surface area contributed by atoms with Crippen LogP contribution < -0.4 is 0 Å². The molecule has 0 atom stereocenters. The summed E-state index contributed by atoms with van der Waals surface area (Å²) < 4.78 is 10.8. The van der Waals surface area contributed by atoms with E-state index in [0.717, 1.165) is 6.04 Å². The van der Waals surface area contributed by atoms with Gasteiger partial charge in [0, 0.05) is 14.2 Å². The average molecular weight is 176 g/mol. The monoisotopic (exact) mass is 176 g/mol. The first-order valence-electron chi connectivity index (χ1n) is 3.93. The molecule has 11 heavy (non-hydrogen) atoms. The maximum atomic E-state index is 5.38. The standard InChI is InChI=1S/C8H20O2Si/c1-8(2,3)7-11(6,9-4)10-5/h7H2,1-6H3. The summed E-state index contributed by atoms with van der Waals surface area (Å²) in [4.78, 5) is 0. The number of hydrogen-bond donors (Lipinski definition) is 0. The van der Waals surface area contributed by atoms with Crippen LogP contribution in [-0.4, -0.2) is 22.8 Å². The summed E-state index contributed by atoms with van der Waals surface area (Å²) in [7, 11) is 1.64. The van der Waals surface area contributed by atoms with Gasteiger partial charge in [-0.05, 0) is 18.0 Å². The molecule has 0 radical (unpaired) electrons. The SMILES string of the molecule is CO[Si](C)(CC(C)(C)C)OC. The molecule has 0 N–H and O–H groups in total. The first-order chi connectivity index (χ1) is 4.83. The van der Waals surface area contributed by atoms with Crippen molar-refractivity contribution in [3.8, 4) is 0 Å². The van der Waals surface area contributed by atoms with Crippen molar-refractivity contribution in [1.29, 1.82) is 0 Å². The molecule has 0 unspecified atom stereocenters. The van der Waals surface area contributed by atoms with Crippen LogP contribution >= 0.6 is 0 Å². The molecule has 0 bridgehead atoms. The molecular weight excluding hydrogens is 156 g/mol. The maximum absolute atomic E-state index is 5.38. The number of rotatable bonds is 3. The lowest BCUT2D eigenvalue weighted by Crippen LogP contribution is -2.39. The highest BCUT2D eigenvalue weighted by atomic mass is 28.4. The van der Waals surface area contributed by atoms with E-state index in [1.807, 2.05) is 0 Å². The van der Waals surface area contributed by atoms with Crippen LogP contribution in [-0.2, 0) is 8.85 Å². The second-order valence-electron chi connectivity index (χ2n) is 4.28. The van der Waals surface area contributed by atoms with Crippen molar-refractivity contribution in [2.45, 2.75) is 33.4 Å². The molecule has 0 aromatic heterocycles. The third-order valence-corrected chi connectivity index (χ3v) is 5.15. The molecule has 0 aromatic rings. The minimum atomic E-state index is -1.83. The third-order valence-electron chi connectivity index (χ3n) is 1.72. The van der Waals surface area contributed by atoms with Gasteiger partial charge in [-0.1, -0.05) is 20.8 Å². The van der Waals surface area contributed by atoms with Gasteiger partial charge in [0.1, 0.15) is 0 Å². The molecule has 0 aliphatic heterocycles. The van der Waals surface area contributed by atoms with Crippen molar-refractivity contribution in [2.75, 3.05) is 14.2 Å². The van der Waals surface area contributed by atoms with Gasteiger partial charge in [0.15, 0.2) is 0 Å². The van der Waals surface area contributed by atoms with Crippen molar-refractivity contribution < 1.29 is 8.85 Å². The Morgan fingerprint density at radius 2 is 1.45 bits per heavy atom. The topological polar surface area (TPSA) is 18.5 Å². The van der Waals surface area contributed by atoms with Crippen LogP contribution in [0, 0.1) is 5.41 Å². The van der Waals surface area contributed by atoms with E-state index in [9.17, 15) is 0 Å². The average Bonchev–Trinajstić information content (AvgIpc) is 1.84. The Bertz CT molecular complexity index is 114. The molecule has 0 rings (SSSR count). The Hall–Kier alpha value is 0.137. The summed E-state index contributed by atoms with van der Waals surface area (Å²) in [6.07, 6.45) is 0. The van der Waals surface area contributed by atoms with E-state index in [2.05, 4.69) is 27.3 Å². The second-order valence-corrected chi connectivity index (χ2v) is 7.72. The fourth-order valence-corrected chi connectivity index (χ4v) is 3.57. The molecule has 0 fully saturated rings. The second kappa shape index (κ2) is 3.69. The van der Waals surface area contributed by atoms with E-state index in [-0.39, 0.29) is 0 Å². The summed E-state index contributed by atoms with van der Waals surface area (Å²) in [5.74, 6) is 0. The molecule has 0 aliphatic carbocycles. The zero-order valence-electron chi connectivity index (χ0n) is 8.52. The third kappa shape index (κ3) is 4.56. The minimum absolute atomic E-state index is 0.299. The van der Waals surface area contributed by atoms with Crippen LogP contribution in [0.5, 0.6) is 0 Å². The first kappa shape index (κ1) is 11.1. The summed E-state index contributed by atoms with van der Waals surface area (Å²) in [6.45, 7) is 8.71. The van der Waals surface area contributed by atoms with Crippen molar-refractivity contribution in [3.63, 3.8) is 0 Å². The van der Waals surface area contributed by atoms with Gasteiger partial charge in [0.25, 0.3) is 0 Å². The highest BCUT2D eigenvalue weighted by Crippen LogP contribution is 2.27. The molecule has 0 aromatic carbocycles. The first-order valence-corrected chi connectivity index (χ1v) is 6.46. The maximum Gasteiger partial charge on any atom is 0.334 e. The van der Waals surface area contributed by atoms with Crippen molar-refractivity contribution >= 4 is 8.56 Å². The molecule has 0 saturated heterocycles.